The molecule has 0 saturated carbocycles. The molecule has 0 aromatic rings. The fourth-order valence-electron chi connectivity index (χ4n) is 2.40. The van der Waals surface area contributed by atoms with E-state index in [-0.39, 0.29) is 5.97 Å². The summed E-state index contributed by atoms with van der Waals surface area (Å²) in [5.74, 6) is -0.135. The number of carbonyl (C=O) groups is 1. The molecule has 0 rings (SSSR count). The number of hydrogen-bond acceptors (Lipinski definition) is 4. The standard InChI is InChI=1S/C22H38O4/c1-3-5-6-7-11-14-17-20(23)21(24)18-15-12-9-8-10-13-16-19-22(25)26-4-2/h8,10-12,14-15,20-21,23-24H,3-7,9,13,16-19H2,1-2H3/b10-8-,14-11-,15-12-/t20-,21-/m0/s1. The average Bonchev–Trinajstić information content (AvgIpc) is 2.63. The average molecular weight is 367 g/mol. The number of aliphatic hydroxyl groups excluding tert-OH is 2. The van der Waals surface area contributed by atoms with E-state index in [1.165, 1.54) is 19.3 Å². The number of unbranched alkanes of at least 4 members (excludes halogenated alkanes) is 4. The van der Waals surface area contributed by atoms with Gasteiger partial charge in [-0.25, -0.2) is 0 Å². The fraction of sp³-hybridized carbons (Fsp3) is 0.682. The van der Waals surface area contributed by atoms with Crippen molar-refractivity contribution in [1.82, 2.24) is 0 Å². The number of rotatable bonds is 16. The van der Waals surface area contributed by atoms with Crippen molar-refractivity contribution in [3.8, 4) is 0 Å². The summed E-state index contributed by atoms with van der Waals surface area (Å²) in [6, 6.07) is 0. The molecule has 2 N–H and O–H groups in total. The second-order valence-electron chi connectivity index (χ2n) is 6.45. The first-order valence-corrected chi connectivity index (χ1v) is 10.1. The summed E-state index contributed by atoms with van der Waals surface area (Å²) < 4.78 is 4.87. The van der Waals surface area contributed by atoms with Gasteiger partial charge in [0.15, 0.2) is 0 Å². The SMILES string of the molecule is CCCCC/C=C\C[C@H](O)[C@@H](O)C/C=C\C/C=C\CCCC(=O)OCC. The van der Waals surface area contributed by atoms with Crippen LogP contribution in [0.2, 0.25) is 0 Å². The van der Waals surface area contributed by atoms with Crippen LogP contribution in [0.4, 0.5) is 0 Å². The summed E-state index contributed by atoms with van der Waals surface area (Å²) in [5.41, 5.74) is 0. The van der Waals surface area contributed by atoms with Crippen LogP contribution in [0.25, 0.3) is 0 Å². The molecule has 0 unspecified atom stereocenters. The topological polar surface area (TPSA) is 66.8 Å². The van der Waals surface area contributed by atoms with Crippen LogP contribution < -0.4 is 0 Å². The Morgan fingerprint density at radius 3 is 2.08 bits per heavy atom. The minimum Gasteiger partial charge on any atom is -0.466 e. The van der Waals surface area contributed by atoms with Crippen LogP contribution in [-0.2, 0) is 9.53 Å². The van der Waals surface area contributed by atoms with Crippen LogP contribution in [-0.4, -0.2) is 35.0 Å². The highest BCUT2D eigenvalue weighted by Gasteiger charge is 2.12. The highest BCUT2D eigenvalue weighted by atomic mass is 16.5. The lowest BCUT2D eigenvalue weighted by molar-refractivity contribution is -0.143. The zero-order chi connectivity index (χ0) is 19.5. The van der Waals surface area contributed by atoms with Crippen molar-refractivity contribution in [3.05, 3.63) is 36.5 Å². The molecule has 0 aliphatic rings. The first-order valence-electron chi connectivity index (χ1n) is 10.1. The van der Waals surface area contributed by atoms with E-state index in [4.69, 9.17) is 4.74 Å². The molecular weight excluding hydrogens is 328 g/mol. The van der Waals surface area contributed by atoms with E-state index < -0.39 is 12.2 Å². The van der Waals surface area contributed by atoms with Crippen molar-refractivity contribution in [2.75, 3.05) is 6.61 Å². The van der Waals surface area contributed by atoms with Gasteiger partial charge in [-0.1, -0.05) is 56.2 Å². The Hall–Kier alpha value is -1.39. The van der Waals surface area contributed by atoms with Gasteiger partial charge in [-0.3, -0.25) is 4.79 Å². The van der Waals surface area contributed by atoms with Crippen LogP contribution in [0.5, 0.6) is 0 Å². The van der Waals surface area contributed by atoms with Gasteiger partial charge in [0.1, 0.15) is 0 Å². The van der Waals surface area contributed by atoms with Crippen molar-refractivity contribution in [2.24, 2.45) is 0 Å². The fourth-order valence-corrected chi connectivity index (χ4v) is 2.40. The molecule has 0 radical (unpaired) electrons. The molecular formula is C22H38O4. The third-order valence-corrected chi connectivity index (χ3v) is 4.00. The maximum atomic E-state index is 11.2. The Bertz CT molecular complexity index is 412. The summed E-state index contributed by atoms with van der Waals surface area (Å²) in [6.45, 7) is 4.43. The summed E-state index contributed by atoms with van der Waals surface area (Å²) in [4.78, 5) is 11.2. The second-order valence-corrected chi connectivity index (χ2v) is 6.45. The molecule has 0 aliphatic heterocycles. The lowest BCUT2D eigenvalue weighted by Gasteiger charge is -2.14. The van der Waals surface area contributed by atoms with E-state index in [0.717, 1.165) is 25.7 Å². The molecule has 0 fully saturated rings. The smallest absolute Gasteiger partial charge is 0.305 e. The molecule has 4 heteroatoms. The highest BCUT2D eigenvalue weighted by Crippen LogP contribution is 2.07. The maximum absolute atomic E-state index is 11.2. The Balaban J connectivity index is 3.69. The molecule has 0 heterocycles. The summed E-state index contributed by atoms with van der Waals surface area (Å²) in [6.07, 6.45) is 19.2. The molecule has 0 saturated heterocycles. The van der Waals surface area contributed by atoms with Gasteiger partial charge in [0.2, 0.25) is 0 Å². The van der Waals surface area contributed by atoms with Crippen LogP contribution in [0.3, 0.4) is 0 Å². The minimum absolute atomic E-state index is 0.135. The van der Waals surface area contributed by atoms with Crippen LogP contribution in [0, 0.1) is 0 Å². The Kier molecular flexibility index (Phi) is 17.4. The van der Waals surface area contributed by atoms with E-state index >= 15 is 0 Å². The van der Waals surface area contributed by atoms with Gasteiger partial charge in [-0.05, 0) is 51.9 Å². The summed E-state index contributed by atoms with van der Waals surface area (Å²) in [7, 11) is 0. The molecule has 0 bridgehead atoms. The summed E-state index contributed by atoms with van der Waals surface area (Å²) in [5, 5.41) is 19.8. The van der Waals surface area contributed by atoms with Crippen molar-refractivity contribution in [3.63, 3.8) is 0 Å². The van der Waals surface area contributed by atoms with E-state index in [1.54, 1.807) is 0 Å². The molecule has 0 aliphatic carbocycles. The second kappa shape index (κ2) is 18.4. The van der Waals surface area contributed by atoms with Crippen LogP contribution >= 0.6 is 0 Å². The van der Waals surface area contributed by atoms with Gasteiger partial charge in [0, 0.05) is 6.42 Å². The third-order valence-electron chi connectivity index (χ3n) is 4.00. The number of carbonyl (C=O) groups excluding carboxylic acids is 1. The first-order chi connectivity index (χ1) is 12.6. The zero-order valence-corrected chi connectivity index (χ0v) is 16.6. The van der Waals surface area contributed by atoms with Gasteiger partial charge >= 0.3 is 5.97 Å². The molecule has 150 valence electrons. The van der Waals surface area contributed by atoms with Crippen molar-refractivity contribution >= 4 is 5.97 Å². The molecule has 4 nitrogen and oxygen atoms in total. The monoisotopic (exact) mass is 366 g/mol. The molecule has 26 heavy (non-hydrogen) atoms. The number of aliphatic hydroxyl groups is 2. The van der Waals surface area contributed by atoms with Gasteiger partial charge in [0.05, 0.1) is 18.8 Å². The molecule has 0 amide bonds. The highest BCUT2D eigenvalue weighted by molar-refractivity contribution is 5.69. The molecule has 0 spiro atoms. The van der Waals surface area contributed by atoms with Gasteiger partial charge in [0.25, 0.3) is 0 Å². The predicted octanol–water partition coefficient (Wildman–Crippen LogP) is 4.86. The normalized spacial score (nSPS) is 14.5. The van der Waals surface area contributed by atoms with Crippen molar-refractivity contribution in [2.45, 2.75) is 90.3 Å². The van der Waals surface area contributed by atoms with E-state index in [1.807, 2.05) is 31.2 Å². The number of hydrogen-bond donors (Lipinski definition) is 2. The predicted molar refractivity (Wildman–Crippen MR) is 108 cm³/mol. The number of ether oxygens (including phenoxy) is 1. The minimum atomic E-state index is -0.722. The van der Waals surface area contributed by atoms with Gasteiger partial charge in [-0.2, -0.15) is 0 Å². The lowest BCUT2D eigenvalue weighted by atomic mass is 10.1. The number of esters is 1. The zero-order valence-electron chi connectivity index (χ0n) is 16.6. The Morgan fingerprint density at radius 2 is 1.42 bits per heavy atom. The first kappa shape index (κ1) is 24.6. The third kappa shape index (κ3) is 16.1. The molecule has 2 atom stereocenters. The summed E-state index contributed by atoms with van der Waals surface area (Å²) >= 11 is 0. The van der Waals surface area contributed by atoms with Crippen molar-refractivity contribution < 1.29 is 19.7 Å². The maximum Gasteiger partial charge on any atom is 0.305 e. The molecule has 0 aromatic carbocycles. The Morgan fingerprint density at radius 1 is 0.846 bits per heavy atom. The lowest BCUT2D eigenvalue weighted by Crippen LogP contribution is -2.24. The van der Waals surface area contributed by atoms with Gasteiger partial charge in [-0.15, -0.1) is 0 Å². The van der Waals surface area contributed by atoms with Gasteiger partial charge < -0.3 is 14.9 Å². The van der Waals surface area contributed by atoms with Crippen LogP contribution in [0.15, 0.2) is 36.5 Å². The molecule has 0 aromatic heterocycles. The van der Waals surface area contributed by atoms with E-state index in [9.17, 15) is 15.0 Å². The van der Waals surface area contributed by atoms with Crippen LogP contribution in [0.1, 0.15) is 78.1 Å². The largest absolute Gasteiger partial charge is 0.466 e. The number of allylic oxidation sites excluding steroid dienone is 4. The van der Waals surface area contributed by atoms with E-state index in [0.29, 0.717) is 25.9 Å². The Labute approximate surface area is 159 Å². The quantitative estimate of drug-likeness (QED) is 0.232. The van der Waals surface area contributed by atoms with E-state index in [2.05, 4.69) is 19.1 Å². The van der Waals surface area contributed by atoms with Crippen molar-refractivity contribution in [1.29, 1.82) is 0 Å².